The zero-order chi connectivity index (χ0) is 22.8. The fourth-order valence-corrected chi connectivity index (χ4v) is 4.21. The topological polar surface area (TPSA) is 119 Å². The van der Waals surface area contributed by atoms with Crippen LogP contribution in [-0.4, -0.2) is 57.4 Å². The van der Waals surface area contributed by atoms with Gasteiger partial charge in [-0.2, -0.15) is 5.10 Å². The Morgan fingerprint density at radius 2 is 2.09 bits per heavy atom. The summed E-state index contributed by atoms with van der Waals surface area (Å²) >= 11 is 0. The molecule has 10 heteroatoms. The van der Waals surface area contributed by atoms with Gasteiger partial charge in [0.15, 0.2) is 11.6 Å². The lowest BCUT2D eigenvalue weighted by Gasteiger charge is -2.31. The molecule has 1 unspecified atom stereocenters. The zero-order valence-electron chi connectivity index (χ0n) is 19.0. The highest BCUT2D eigenvalue weighted by Crippen LogP contribution is 2.33. The predicted octanol–water partition coefficient (Wildman–Crippen LogP) is 3.26. The van der Waals surface area contributed by atoms with Gasteiger partial charge in [0.25, 0.3) is 0 Å². The number of hydrogen-bond donors (Lipinski definition) is 2. The molecule has 0 aliphatic carbocycles. The van der Waals surface area contributed by atoms with Crippen LogP contribution >= 0.6 is 0 Å². The summed E-state index contributed by atoms with van der Waals surface area (Å²) in [5, 5.41) is 9.39. The molecule has 1 fully saturated rings. The first-order valence-electron chi connectivity index (χ1n) is 11.4. The maximum atomic E-state index is 5.94. The number of nitrogens with zero attached hydrogens (tertiary/aromatic N) is 7. The summed E-state index contributed by atoms with van der Waals surface area (Å²) < 4.78 is 8.08. The molecule has 5 heterocycles. The number of pyridine rings is 1. The van der Waals surface area contributed by atoms with Crippen molar-refractivity contribution in [2.24, 2.45) is 10.7 Å². The molecule has 0 radical (unpaired) electrons. The number of nitrogens with one attached hydrogen (secondary N) is 1. The number of aromatic nitrogens is 5. The third kappa shape index (κ3) is 4.08. The summed E-state index contributed by atoms with van der Waals surface area (Å²) in [5.41, 5.74) is 7.53. The van der Waals surface area contributed by atoms with Crippen LogP contribution in [0.1, 0.15) is 44.5 Å². The maximum Gasteiger partial charge on any atom is 0.221 e. The molecule has 10 nitrogen and oxygen atoms in total. The molecule has 0 spiro atoms. The summed E-state index contributed by atoms with van der Waals surface area (Å²) in [4.78, 5) is 20.2. The van der Waals surface area contributed by atoms with Crippen LogP contribution in [0.3, 0.4) is 0 Å². The first-order valence-corrected chi connectivity index (χ1v) is 11.4. The van der Waals surface area contributed by atoms with Crippen molar-refractivity contribution in [2.45, 2.75) is 38.6 Å². The fourth-order valence-electron chi connectivity index (χ4n) is 4.21. The minimum atomic E-state index is 0.246. The third-order valence-electron chi connectivity index (χ3n) is 6.15. The Bertz CT molecular complexity index is 1210. The van der Waals surface area contributed by atoms with E-state index in [0.29, 0.717) is 35.5 Å². The molecule has 0 aromatic carbocycles. The van der Waals surface area contributed by atoms with E-state index < -0.39 is 0 Å². The molecule has 1 atom stereocenters. The van der Waals surface area contributed by atoms with Crippen molar-refractivity contribution in [1.29, 1.82) is 0 Å². The summed E-state index contributed by atoms with van der Waals surface area (Å²) in [6.07, 6.45) is 9.12. The lowest BCUT2D eigenvalue weighted by atomic mass is 10.1. The Morgan fingerprint density at radius 1 is 1.21 bits per heavy atom. The maximum absolute atomic E-state index is 5.94. The van der Waals surface area contributed by atoms with Crippen LogP contribution in [0.25, 0.3) is 16.5 Å². The van der Waals surface area contributed by atoms with Crippen LogP contribution in [0.15, 0.2) is 35.7 Å². The largest absolute Gasteiger partial charge is 0.477 e. The number of aliphatic imine (C=N–C) groups is 1. The smallest absolute Gasteiger partial charge is 0.221 e. The molecule has 5 rings (SSSR count). The van der Waals surface area contributed by atoms with Crippen LogP contribution in [0, 0.1) is 0 Å². The monoisotopic (exact) mass is 447 g/mol. The molecule has 33 heavy (non-hydrogen) atoms. The molecular formula is C23H29N9O. The standard InChI is InChI=1S/C23H29N9O/c1-15-6-3-4-11-33-23(25-2)16(13-24)21-26-8-7-19(29-21)28-20-12-18-17(14-27-20)22(30-32(15)18)31-9-5-10-31/h7-8,12-15H,3-6,9-11,24H2,1-2H3,(H,26,27,28,29)/b16-13-,25-23?. The third-order valence-corrected chi connectivity index (χ3v) is 6.15. The molecule has 4 bridgehead atoms. The SMILES string of the molecule is CN=C1OCCCCC(C)n2nc(N3CCC3)c3cnc(cc32)Nc2ccnc(n2)/C1=C/N. The summed E-state index contributed by atoms with van der Waals surface area (Å²) in [6.45, 7) is 4.84. The predicted molar refractivity (Wildman–Crippen MR) is 130 cm³/mol. The van der Waals surface area contributed by atoms with Gasteiger partial charge in [-0.05, 0) is 38.7 Å². The number of fused-ring (bicyclic) bond motifs is 3. The van der Waals surface area contributed by atoms with Gasteiger partial charge in [-0.15, -0.1) is 0 Å². The van der Waals surface area contributed by atoms with Gasteiger partial charge in [-0.25, -0.2) is 15.0 Å². The lowest BCUT2D eigenvalue weighted by Crippen LogP contribution is -2.37. The van der Waals surface area contributed by atoms with Crippen molar-refractivity contribution in [3.8, 4) is 0 Å². The first kappa shape index (κ1) is 21.2. The van der Waals surface area contributed by atoms with Gasteiger partial charge in [0.05, 0.1) is 23.1 Å². The Balaban J connectivity index is 1.58. The molecule has 3 aromatic rings. The van der Waals surface area contributed by atoms with E-state index >= 15 is 0 Å². The molecule has 172 valence electrons. The van der Waals surface area contributed by atoms with Gasteiger partial charge in [0.1, 0.15) is 11.6 Å². The molecule has 2 aliphatic heterocycles. The molecular weight excluding hydrogens is 418 g/mol. The van der Waals surface area contributed by atoms with Crippen LogP contribution in [0.4, 0.5) is 17.5 Å². The summed E-state index contributed by atoms with van der Waals surface area (Å²) in [6, 6.07) is 4.09. The van der Waals surface area contributed by atoms with Crippen molar-refractivity contribution < 1.29 is 4.74 Å². The minimum absolute atomic E-state index is 0.246. The second-order valence-electron chi connectivity index (χ2n) is 8.39. The Kier molecular flexibility index (Phi) is 5.80. The summed E-state index contributed by atoms with van der Waals surface area (Å²) in [5.74, 6) is 3.20. The molecule has 3 aromatic heterocycles. The molecule has 1 saturated heterocycles. The van der Waals surface area contributed by atoms with Gasteiger partial charge < -0.3 is 20.7 Å². The van der Waals surface area contributed by atoms with Crippen molar-refractivity contribution in [1.82, 2.24) is 24.7 Å². The Labute approximate surface area is 192 Å². The van der Waals surface area contributed by atoms with E-state index in [1.54, 1.807) is 19.3 Å². The normalized spacial score (nSPS) is 21.8. The second kappa shape index (κ2) is 9.05. The van der Waals surface area contributed by atoms with Crippen molar-refractivity contribution >= 4 is 39.8 Å². The van der Waals surface area contributed by atoms with Gasteiger partial charge in [0.2, 0.25) is 5.90 Å². The average molecular weight is 448 g/mol. The number of anilines is 3. The van der Waals surface area contributed by atoms with E-state index in [4.69, 9.17) is 15.6 Å². The molecule has 0 amide bonds. The van der Waals surface area contributed by atoms with Crippen LogP contribution in [0.2, 0.25) is 0 Å². The van der Waals surface area contributed by atoms with Gasteiger partial charge in [-0.1, -0.05) is 0 Å². The Hall–Kier alpha value is -3.69. The highest BCUT2D eigenvalue weighted by atomic mass is 16.5. The highest BCUT2D eigenvalue weighted by molar-refractivity contribution is 6.18. The van der Waals surface area contributed by atoms with Crippen molar-refractivity contribution in [3.63, 3.8) is 0 Å². The van der Waals surface area contributed by atoms with E-state index in [2.05, 4.69) is 47.8 Å². The molecule has 0 saturated carbocycles. The van der Waals surface area contributed by atoms with Crippen LogP contribution in [0.5, 0.6) is 0 Å². The summed E-state index contributed by atoms with van der Waals surface area (Å²) in [7, 11) is 1.68. The fraction of sp³-hybridized carbons (Fsp3) is 0.435. The zero-order valence-corrected chi connectivity index (χ0v) is 19.0. The van der Waals surface area contributed by atoms with E-state index in [1.807, 2.05) is 6.20 Å². The van der Waals surface area contributed by atoms with Crippen molar-refractivity contribution in [2.75, 3.05) is 37.0 Å². The quantitative estimate of drug-likeness (QED) is 0.583. The second-order valence-corrected chi connectivity index (χ2v) is 8.39. The van der Waals surface area contributed by atoms with E-state index in [9.17, 15) is 0 Å². The number of rotatable bonds is 1. The average Bonchev–Trinajstić information content (AvgIpc) is 3.15. The first-order chi connectivity index (χ1) is 16.2. The molecule has 3 N–H and O–H groups in total. The minimum Gasteiger partial charge on any atom is -0.477 e. The van der Waals surface area contributed by atoms with Gasteiger partial charge >= 0.3 is 0 Å². The van der Waals surface area contributed by atoms with Crippen LogP contribution < -0.4 is 16.0 Å². The van der Waals surface area contributed by atoms with Crippen molar-refractivity contribution in [3.05, 3.63) is 36.6 Å². The van der Waals surface area contributed by atoms with E-state index in [-0.39, 0.29) is 6.04 Å². The Morgan fingerprint density at radius 3 is 2.85 bits per heavy atom. The van der Waals surface area contributed by atoms with Crippen LogP contribution in [-0.2, 0) is 4.74 Å². The number of nitrogens with two attached hydrogens (primary N) is 1. The van der Waals surface area contributed by atoms with E-state index in [0.717, 1.165) is 49.1 Å². The van der Waals surface area contributed by atoms with Gasteiger partial charge in [-0.3, -0.25) is 9.67 Å². The lowest BCUT2D eigenvalue weighted by molar-refractivity contribution is 0.290. The molecule has 2 aliphatic rings. The highest BCUT2D eigenvalue weighted by Gasteiger charge is 2.24. The number of ether oxygens (including phenoxy) is 1. The van der Waals surface area contributed by atoms with E-state index in [1.165, 1.54) is 12.6 Å². The van der Waals surface area contributed by atoms with Gasteiger partial charge in [0, 0.05) is 50.8 Å². The number of hydrogen-bond acceptors (Lipinski definition) is 9.